The highest BCUT2D eigenvalue weighted by Gasteiger charge is 2.22. The van der Waals surface area contributed by atoms with E-state index in [2.05, 4.69) is 64.9 Å². The van der Waals surface area contributed by atoms with Gasteiger partial charge in [-0.15, -0.1) is 0 Å². The first-order valence-electron chi connectivity index (χ1n) is 7.96. The van der Waals surface area contributed by atoms with Crippen LogP contribution in [-0.4, -0.2) is 44.2 Å². The van der Waals surface area contributed by atoms with E-state index < -0.39 is 0 Å². The molecule has 4 heteroatoms. The van der Waals surface area contributed by atoms with Gasteiger partial charge in [0.25, 0.3) is 0 Å². The van der Waals surface area contributed by atoms with Crippen molar-refractivity contribution in [3.05, 3.63) is 28.2 Å². The van der Waals surface area contributed by atoms with Gasteiger partial charge in [0.05, 0.1) is 5.69 Å². The van der Waals surface area contributed by atoms with Crippen LogP contribution in [-0.2, 0) is 6.42 Å². The summed E-state index contributed by atoms with van der Waals surface area (Å²) >= 11 is 3.75. The highest BCUT2D eigenvalue weighted by molar-refractivity contribution is 9.10. The third-order valence-corrected chi connectivity index (χ3v) is 5.20. The molecule has 1 aliphatic heterocycles. The summed E-state index contributed by atoms with van der Waals surface area (Å²) in [5.74, 6) is 0. The summed E-state index contributed by atoms with van der Waals surface area (Å²) in [6.07, 6.45) is 4.53. The van der Waals surface area contributed by atoms with E-state index in [4.69, 9.17) is 5.73 Å². The Balaban J connectivity index is 2.09. The monoisotopic (exact) mass is 353 g/mol. The first-order chi connectivity index (χ1) is 10.0. The molecule has 0 spiro atoms. The van der Waals surface area contributed by atoms with Crippen molar-refractivity contribution in [2.75, 3.05) is 32.1 Å². The number of hydrogen-bond acceptors (Lipinski definition) is 3. The van der Waals surface area contributed by atoms with Crippen LogP contribution in [0, 0.1) is 0 Å². The lowest BCUT2D eigenvalue weighted by molar-refractivity contribution is 0.248. The molecule has 1 aliphatic rings. The largest absolute Gasteiger partial charge is 0.369 e. The second kappa shape index (κ2) is 7.61. The topological polar surface area (TPSA) is 32.5 Å². The van der Waals surface area contributed by atoms with Crippen molar-refractivity contribution in [1.29, 1.82) is 0 Å². The van der Waals surface area contributed by atoms with E-state index >= 15 is 0 Å². The number of likely N-dealkylation sites (N-methyl/N-ethyl adjacent to an activating group) is 2. The maximum atomic E-state index is 6.05. The summed E-state index contributed by atoms with van der Waals surface area (Å²) in [6.45, 7) is 4.51. The predicted molar refractivity (Wildman–Crippen MR) is 95.0 cm³/mol. The van der Waals surface area contributed by atoms with Crippen LogP contribution in [0.25, 0.3) is 0 Å². The SMILES string of the molecule is CCC(N)Cc1ccc(N(C)C2CCCN(C)C2)c(Br)c1. The van der Waals surface area contributed by atoms with Crippen molar-refractivity contribution in [3.8, 4) is 0 Å². The molecule has 2 N–H and O–H groups in total. The van der Waals surface area contributed by atoms with Crippen LogP contribution in [0.1, 0.15) is 31.7 Å². The number of nitrogens with zero attached hydrogens (tertiary/aromatic N) is 2. The zero-order valence-corrected chi connectivity index (χ0v) is 15.1. The molecule has 0 radical (unpaired) electrons. The van der Waals surface area contributed by atoms with Gasteiger partial charge in [-0.2, -0.15) is 0 Å². The van der Waals surface area contributed by atoms with E-state index in [9.17, 15) is 0 Å². The molecule has 0 saturated carbocycles. The van der Waals surface area contributed by atoms with E-state index in [1.165, 1.54) is 35.1 Å². The molecule has 0 aromatic heterocycles. The average molecular weight is 354 g/mol. The molecule has 0 bridgehead atoms. The molecule has 2 unspecified atom stereocenters. The Hall–Kier alpha value is -0.580. The molecule has 1 aromatic carbocycles. The molecule has 2 rings (SSSR count). The number of likely N-dealkylation sites (tertiary alicyclic amines) is 1. The van der Waals surface area contributed by atoms with E-state index in [0.717, 1.165) is 19.4 Å². The summed E-state index contributed by atoms with van der Waals surface area (Å²) in [5.41, 5.74) is 8.65. The third-order valence-electron chi connectivity index (χ3n) is 4.56. The van der Waals surface area contributed by atoms with Crippen LogP contribution >= 0.6 is 15.9 Å². The van der Waals surface area contributed by atoms with Crippen molar-refractivity contribution in [1.82, 2.24) is 4.90 Å². The Bertz CT molecular complexity index is 463. The first kappa shape index (κ1) is 16.8. The lowest BCUT2D eigenvalue weighted by atomic mass is 10.0. The Kier molecular flexibility index (Phi) is 6.08. The van der Waals surface area contributed by atoms with E-state index in [1.54, 1.807) is 0 Å². The molecule has 1 saturated heterocycles. The lowest BCUT2D eigenvalue weighted by Gasteiger charge is -2.37. The van der Waals surface area contributed by atoms with Crippen molar-refractivity contribution >= 4 is 21.6 Å². The van der Waals surface area contributed by atoms with Gasteiger partial charge in [0.15, 0.2) is 0 Å². The minimum atomic E-state index is 0.257. The summed E-state index contributed by atoms with van der Waals surface area (Å²) in [7, 11) is 4.42. The highest BCUT2D eigenvalue weighted by Crippen LogP contribution is 2.30. The van der Waals surface area contributed by atoms with Gasteiger partial charge in [-0.25, -0.2) is 0 Å². The fraction of sp³-hybridized carbons (Fsp3) is 0.647. The average Bonchev–Trinajstić information content (AvgIpc) is 2.46. The summed E-state index contributed by atoms with van der Waals surface area (Å²) < 4.78 is 1.18. The molecule has 21 heavy (non-hydrogen) atoms. The smallest absolute Gasteiger partial charge is 0.0511 e. The van der Waals surface area contributed by atoms with Crippen molar-refractivity contribution in [2.45, 2.75) is 44.7 Å². The standard InChI is InChI=1S/C17H28BrN3/c1-4-14(19)10-13-7-8-17(16(18)11-13)21(3)15-6-5-9-20(2)12-15/h7-8,11,14-15H,4-6,9-10,12,19H2,1-3H3. The maximum Gasteiger partial charge on any atom is 0.0511 e. The molecule has 2 atom stereocenters. The Morgan fingerprint density at radius 2 is 2.24 bits per heavy atom. The zero-order chi connectivity index (χ0) is 15.4. The maximum absolute atomic E-state index is 6.05. The molecule has 1 aromatic rings. The number of nitrogens with two attached hydrogens (primary N) is 1. The first-order valence-corrected chi connectivity index (χ1v) is 8.76. The summed E-state index contributed by atoms with van der Waals surface area (Å²) in [6, 6.07) is 7.54. The van der Waals surface area contributed by atoms with Crippen LogP contribution in [0.4, 0.5) is 5.69 Å². The number of anilines is 1. The number of rotatable bonds is 5. The fourth-order valence-corrected chi connectivity index (χ4v) is 3.77. The second-order valence-electron chi connectivity index (χ2n) is 6.33. The van der Waals surface area contributed by atoms with Crippen LogP contribution in [0.15, 0.2) is 22.7 Å². The zero-order valence-electron chi connectivity index (χ0n) is 13.5. The lowest BCUT2D eigenvalue weighted by Crippen LogP contribution is -2.45. The molecule has 1 heterocycles. The van der Waals surface area contributed by atoms with Gasteiger partial charge < -0.3 is 15.5 Å². The normalized spacial score (nSPS) is 21.3. The fourth-order valence-electron chi connectivity index (χ4n) is 3.06. The van der Waals surface area contributed by atoms with Gasteiger partial charge in [0.1, 0.15) is 0 Å². The minimum absolute atomic E-state index is 0.257. The van der Waals surface area contributed by atoms with E-state index in [-0.39, 0.29) is 6.04 Å². The Morgan fingerprint density at radius 1 is 1.48 bits per heavy atom. The minimum Gasteiger partial charge on any atom is -0.369 e. The number of benzene rings is 1. The van der Waals surface area contributed by atoms with Gasteiger partial charge in [-0.1, -0.05) is 13.0 Å². The quantitative estimate of drug-likeness (QED) is 0.881. The van der Waals surface area contributed by atoms with Crippen molar-refractivity contribution in [2.24, 2.45) is 5.73 Å². The van der Waals surface area contributed by atoms with Crippen molar-refractivity contribution in [3.63, 3.8) is 0 Å². The van der Waals surface area contributed by atoms with Crippen LogP contribution < -0.4 is 10.6 Å². The van der Waals surface area contributed by atoms with Gasteiger partial charge in [0, 0.05) is 30.1 Å². The molecule has 0 amide bonds. The van der Waals surface area contributed by atoms with Gasteiger partial charge in [0.2, 0.25) is 0 Å². The summed E-state index contributed by atoms with van der Waals surface area (Å²) in [5, 5.41) is 0. The van der Waals surface area contributed by atoms with Crippen molar-refractivity contribution < 1.29 is 0 Å². The summed E-state index contributed by atoms with van der Waals surface area (Å²) in [4.78, 5) is 4.84. The molecular weight excluding hydrogens is 326 g/mol. The van der Waals surface area contributed by atoms with Gasteiger partial charge in [-0.05, 0) is 72.9 Å². The molecule has 3 nitrogen and oxygen atoms in total. The Morgan fingerprint density at radius 3 is 2.86 bits per heavy atom. The molecular formula is C17H28BrN3. The third kappa shape index (κ3) is 4.44. The molecule has 1 fully saturated rings. The highest BCUT2D eigenvalue weighted by atomic mass is 79.9. The second-order valence-corrected chi connectivity index (χ2v) is 7.18. The van der Waals surface area contributed by atoms with Crippen LogP contribution in [0.5, 0.6) is 0 Å². The molecule has 0 aliphatic carbocycles. The number of piperidine rings is 1. The van der Waals surface area contributed by atoms with Crippen LogP contribution in [0.2, 0.25) is 0 Å². The van der Waals surface area contributed by atoms with Gasteiger partial charge in [-0.3, -0.25) is 0 Å². The predicted octanol–water partition coefficient (Wildman–Crippen LogP) is 3.26. The van der Waals surface area contributed by atoms with E-state index in [1.807, 2.05) is 0 Å². The van der Waals surface area contributed by atoms with Crippen LogP contribution in [0.3, 0.4) is 0 Å². The Labute approximate surface area is 137 Å². The number of hydrogen-bond donors (Lipinski definition) is 1. The number of halogens is 1. The molecule has 118 valence electrons. The van der Waals surface area contributed by atoms with E-state index in [0.29, 0.717) is 6.04 Å². The van der Waals surface area contributed by atoms with Gasteiger partial charge >= 0.3 is 0 Å².